The van der Waals surface area contributed by atoms with Crippen molar-refractivity contribution in [1.29, 1.82) is 0 Å². The second kappa shape index (κ2) is 6.90. The minimum atomic E-state index is 0.263. The van der Waals surface area contributed by atoms with Gasteiger partial charge in [0.1, 0.15) is 0 Å². The molecule has 24 heavy (non-hydrogen) atoms. The number of hydrogen-bond acceptors (Lipinski definition) is 6. The van der Waals surface area contributed by atoms with Crippen molar-refractivity contribution in [2.75, 3.05) is 19.6 Å². The summed E-state index contributed by atoms with van der Waals surface area (Å²) in [4.78, 5) is 11.1. The van der Waals surface area contributed by atoms with Crippen LogP contribution in [0.2, 0.25) is 0 Å². The molecule has 1 fully saturated rings. The Morgan fingerprint density at radius 3 is 2.92 bits per heavy atom. The van der Waals surface area contributed by atoms with E-state index in [1.807, 2.05) is 42.6 Å². The lowest BCUT2D eigenvalue weighted by atomic mass is 10.1. The summed E-state index contributed by atoms with van der Waals surface area (Å²) in [5.74, 6) is 1.28. The van der Waals surface area contributed by atoms with E-state index >= 15 is 0 Å². The van der Waals surface area contributed by atoms with Gasteiger partial charge >= 0.3 is 0 Å². The molecule has 0 aliphatic carbocycles. The van der Waals surface area contributed by atoms with Gasteiger partial charge in [0, 0.05) is 43.6 Å². The predicted octanol–water partition coefficient (Wildman–Crippen LogP) is 2.28. The van der Waals surface area contributed by atoms with Crippen molar-refractivity contribution in [3.63, 3.8) is 0 Å². The van der Waals surface area contributed by atoms with Gasteiger partial charge in [0.25, 0.3) is 0 Å². The molecule has 1 unspecified atom stereocenters. The van der Waals surface area contributed by atoms with Gasteiger partial charge in [-0.25, -0.2) is 0 Å². The maximum Gasteiger partial charge on any atom is 0.241 e. The number of nitrogens with one attached hydrogen (secondary N) is 1. The van der Waals surface area contributed by atoms with Crippen molar-refractivity contribution in [2.24, 2.45) is 0 Å². The maximum atomic E-state index is 5.47. The van der Waals surface area contributed by atoms with Gasteiger partial charge in [0.2, 0.25) is 11.7 Å². The topological polar surface area (TPSA) is 67.1 Å². The highest BCUT2D eigenvalue weighted by Crippen LogP contribution is 2.24. The quantitative estimate of drug-likeness (QED) is 0.795. The molecule has 1 N–H and O–H groups in total. The van der Waals surface area contributed by atoms with Crippen LogP contribution in [0.3, 0.4) is 0 Å². The smallest absolute Gasteiger partial charge is 0.241 e. The first-order valence-electron chi connectivity index (χ1n) is 8.13. The van der Waals surface area contributed by atoms with Gasteiger partial charge < -0.3 is 9.84 Å². The summed E-state index contributed by atoms with van der Waals surface area (Å²) in [5, 5.41) is 7.55. The van der Waals surface area contributed by atoms with Crippen molar-refractivity contribution in [3.8, 4) is 11.4 Å². The fourth-order valence-corrected chi connectivity index (χ4v) is 3.03. The first-order chi connectivity index (χ1) is 11.9. The van der Waals surface area contributed by atoms with Crippen LogP contribution in [0, 0.1) is 0 Å². The van der Waals surface area contributed by atoms with Crippen LogP contribution in [0.15, 0.2) is 59.4 Å². The second-order valence-electron chi connectivity index (χ2n) is 5.85. The highest BCUT2D eigenvalue weighted by Gasteiger charge is 2.25. The summed E-state index contributed by atoms with van der Waals surface area (Å²) in [6.45, 7) is 3.42. The minimum Gasteiger partial charge on any atom is -0.338 e. The zero-order valence-corrected chi connectivity index (χ0v) is 13.3. The predicted molar refractivity (Wildman–Crippen MR) is 90.0 cm³/mol. The number of nitrogens with zero attached hydrogens (tertiary/aromatic N) is 4. The van der Waals surface area contributed by atoms with Gasteiger partial charge in [-0.1, -0.05) is 41.6 Å². The van der Waals surface area contributed by atoms with Crippen molar-refractivity contribution >= 4 is 0 Å². The standard InChI is InChI=1S/C18H19N5O/c1-2-5-14(6-3-1)18-21-17(24-22-18)13-23-10-9-20-12-16(23)15-7-4-8-19-11-15/h1-8,11,16,20H,9-10,12-13H2. The fourth-order valence-electron chi connectivity index (χ4n) is 3.03. The van der Waals surface area contributed by atoms with Crippen LogP contribution in [0.4, 0.5) is 0 Å². The van der Waals surface area contributed by atoms with Crippen molar-refractivity contribution in [2.45, 2.75) is 12.6 Å². The molecule has 6 nitrogen and oxygen atoms in total. The van der Waals surface area contributed by atoms with Gasteiger partial charge in [-0.2, -0.15) is 4.98 Å². The molecule has 0 bridgehead atoms. The van der Waals surface area contributed by atoms with E-state index < -0.39 is 0 Å². The summed E-state index contributed by atoms with van der Waals surface area (Å²) < 4.78 is 5.47. The van der Waals surface area contributed by atoms with Crippen LogP contribution >= 0.6 is 0 Å². The summed E-state index contributed by atoms with van der Waals surface area (Å²) in [6, 6.07) is 14.2. The Balaban J connectivity index is 1.52. The fraction of sp³-hybridized carbons (Fsp3) is 0.278. The number of hydrogen-bond donors (Lipinski definition) is 1. The number of aromatic nitrogens is 3. The third-order valence-corrected chi connectivity index (χ3v) is 4.26. The van der Waals surface area contributed by atoms with E-state index in [4.69, 9.17) is 4.52 Å². The van der Waals surface area contributed by atoms with Crippen LogP contribution in [-0.4, -0.2) is 39.7 Å². The number of rotatable bonds is 4. The summed E-state index contributed by atoms with van der Waals surface area (Å²) in [5.41, 5.74) is 2.17. The summed E-state index contributed by atoms with van der Waals surface area (Å²) >= 11 is 0. The molecule has 1 aromatic carbocycles. The molecule has 4 rings (SSSR count). The van der Waals surface area contributed by atoms with Crippen LogP contribution < -0.4 is 5.32 Å². The third-order valence-electron chi connectivity index (χ3n) is 4.26. The molecule has 2 aromatic heterocycles. The molecule has 0 amide bonds. The van der Waals surface area contributed by atoms with Gasteiger partial charge in [-0.15, -0.1) is 0 Å². The highest BCUT2D eigenvalue weighted by molar-refractivity contribution is 5.53. The van der Waals surface area contributed by atoms with E-state index in [-0.39, 0.29) is 6.04 Å². The lowest BCUT2D eigenvalue weighted by molar-refractivity contribution is 0.135. The first kappa shape index (κ1) is 15.0. The van der Waals surface area contributed by atoms with E-state index in [1.165, 1.54) is 5.56 Å². The molecule has 0 radical (unpaired) electrons. The van der Waals surface area contributed by atoms with E-state index in [2.05, 4.69) is 31.4 Å². The number of piperazine rings is 1. The zero-order valence-electron chi connectivity index (χ0n) is 13.3. The average Bonchev–Trinajstić information content (AvgIpc) is 3.12. The highest BCUT2D eigenvalue weighted by atomic mass is 16.5. The number of benzene rings is 1. The lowest BCUT2D eigenvalue weighted by Gasteiger charge is -2.35. The van der Waals surface area contributed by atoms with Crippen LogP contribution in [-0.2, 0) is 6.54 Å². The first-order valence-corrected chi connectivity index (χ1v) is 8.13. The number of pyridine rings is 1. The second-order valence-corrected chi connectivity index (χ2v) is 5.85. The van der Waals surface area contributed by atoms with E-state index in [0.717, 1.165) is 25.2 Å². The van der Waals surface area contributed by atoms with E-state index in [1.54, 1.807) is 6.20 Å². The van der Waals surface area contributed by atoms with E-state index in [0.29, 0.717) is 18.3 Å². The Bertz CT molecular complexity index is 774. The van der Waals surface area contributed by atoms with Crippen molar-refractivity contribution < 1.29 is 4.52 Å². The molecule has 1 atom stereocenters. The van der Waals surface area contributed by atoms with Crippen molar-refractivity contribution in [1.82, 2.24) is 25.3 Å². The van der Waals surface area contributed by atoms with E-state index in [9.17, 15) is 0 Å². The van der Waals surface area contributed by atoms with Gasteiger partial charge in [-0.05, 0) is 11.6 Å². The Labute approximate surface area is 140 Å². The monoisotopic (exact) mass is 321 g/mol. The van der Waals surface area contributed by atoms with Gasteiger partial charge in [0.05, 0.1) is 6.54 Å². The third kappa shape index (κ3) is 3.20. The lowest BCUT2D eigenvalue weighted by Crippen LogP contribution is -2.45. The Morgan fingerprint density at radius 1 is 1.17 bits per heavy atom. The molecular formula is C18H19N5O. The maximum absolute atomic E-state index is 5.47. The van der Waals surface area contributed by atoms with Crippen LogP contribution in [0.25, 0.3) is 11.4 Å². The minimum absolute atomic E-state index is 0.263. The molecule has 3 aromatic rings. The molecule has 0 spiro atoms. The molecule has 1 aliphatic heterocycles. The molecule has 1 aliphatic rings. The molecular weight excluding hydrogens is 302 g/mol. The largest absolute Gasteiger partial charge is 0.338 e. The van der Waals surface area contributed by atoms with Crippen molar-refractivity contribution in [3.05, 3.63) is 66.3 Å². The molecule has 1 saturated heterocycles. The molecule has 122 valence electrons. The van der Waals surface area contributed by atoms with Gasteiger partial charge in [0.15, 0.2) is 0 Å². The molecule has 6 heteroatoms. The Hall–Kier alpha value is -2.57. The molecule has 3 heterocycles. The zero-order chi connectivity index (χ0) is 16.2. The normalized spacial score (nSPS) is 18.6. The Kier molecular flexibility index (Phi) is 4.31. The summed E-state index contributed by atoms with van der Waals surface area (Å²) in [7, 11) is 0. The van der Waals surface area contributed by atoms with Gasteiger partial charge in [-0.3, -0.25) is 9.88 Å². The average molecular weight is 321 g/mol. The Morgan fingerprint density at radius 2 is 2.08 bits per heavy atom. The van der Waals surface area contributed by atoms with Crippen LogP contribution in [0.1, 0.15) is 17.5 Å². The van der Waals surface area contributed by atoms with Crippen LogP contribution in [0.5, 0.6) is 0 Å². The molecule has 0 saturated carbocycles. The summed E-state index contributed by atoms with van der Waals surface area (Å²) in [6.07, 6.45) is 3.72. The SMILES string of the molecule is c1ccc(-c2noc(CN3CCNCC3c3cccnc3)n2)cc1.